The number of piperidine rings is 1. The molecular weight excluding hydrogens is 496 g/mol. The molecule has 3 aromatic heterocycles. The number of rotatable bonds is 6. The minimum atomic E-state index is 0.0360. The van der Waals surface area contributed by atoms with E-state index in [1.54, 1.807) is 24.0 Å². The number of methoxy groups -OCH3 is 1. The number of aromatic nitrogens is 4. The number of carbonyl (C=O) groups is 1. The van der Waals surface area contributed by atoms with Crippen LogP contribution in [0.1, 0.15) is 40.4 Å². The number of hydrogen-bond acceptors (Lipinski definition) is 6. The zero-order chi connectivity index (χ0) is 23.5. The van der Waals surface area contributed by atoms with Gasteiger partial charge in [0.1, 0.15) is 11.6 Å². The molecule has 1 aromatic carbocycles. The number of anilines is 1. The molecule has 1 saturated heterocycles. The van der Waals surface area contributed by atoms with E-state index < -0.39 is 0 Å². The lowest BCUT2D eigenvalue weighted by Crippen LogP contribution is -2.39. The van der Waals surface area contributed by atoms with E-state index in [9.17, 15) is 4.79 Å². The summed E-state index contributed by atoms with van der Waals surface area (Å²) in [6.07, 6.45) is 7.26. The first-order valence-electron chi connectivity index (χ1n) is 11.2. The first kappa shape index (κ1) is 22.3. The van der Waals surface area contributed by atoms with Crippen LogP contribution in [0.15, 0.2) is 65.5 Å². The maximum absolute atomic E-state index is 13.2. The number of hydrogen-bond donors (Lipinski definition) is 1. The van der Waals surface area contributed by atoms with Gasteiger partial charge in [0.05, 0.1) is 23.5 Å². The predicted molar refractivity (Wildman–Crippen MR) is 133 cm³/mol. The van der Waals surface area contributed by atoms with E-state index in [4.69, 9.17) is 9.72 Å². The van der Waals surface area contributed by atoms with Crippen molar-refractivity contribution in [1.29, 1.82) is 0 Å². The van der Waals surface area contributed by atoms with Crippen molar-refractivity contribution >= 4 is 33.3 Å². The Morgan fingerprint density at radius 1 is 1.24 bits per heavy atom. The number of fused-ring (bicyclic) bond motifs is 1. The van der Waals surface area contributed by atoms with Crippen molar-refractivity contribution in [2.75, 3.05) is 25.5 Å². The molecule has 8 nitrogen and oxygen atoms in total. The third-order valence-corrected chi connectivity index (χ3v) is 6.67. The number of ether oxygens (including phenoxy) is 1. The summed E-state index contributed by atoms with van der Waals surface area (Å²) in [4.78, 5) is 24.2. The first-order valence-corrected chi connectivity index (χ1v) is 12.0. The average Bonchev–Trinajstić information content (AvgIpc) is 3.28. The summed E-state index contributed by atoms with van der Waals surface area (Å²) in [5, 5.41) is 7.94. The monoisotopic (exact) mass is 520 g/mol. The van der Waals surface area contributed by atoms with Crippen molar-refractivity contribution in [1.82, 2.24) is 24.5 Å². The van der Waals surface area contributed by atoms with Crippen LogP contribution in [0, 0.1) is 0 Å². The molecule has 5 rings (SSSR count). The summed E-state index contributed by atoms with van der Waals surface area (Å²) >= 11 is 3.57. The molecule has 1 fully saturated rings. The fourth-order valence-electron chi connectivity index (χ4n) is 4.30. The van der Waals surface area contributed by atoms with Crippen LogP contribution in [0.25, 0.3) is 5.65 Å². The molecule has 1 aliphatic rings. The Hall–Kier alpha value is -3.46. The normalized spacial score (nSPS) is 15.9. The van der Waals surface area contributed by atoms with Crippen LogP contribution in [0.5, 0.6) is 5.75 Å². The fraction of sp³-hybridized carbons (Fsp3) is 0.280. The SMILES string of the molecule is COc1ccc(C(=O)N2CCCC(c3cc(NCc4cccnc4)n4ncc(Br)c4n3)C2)cc1. The Morgan fingerprint density at radius 2 is 2.09 bits per heavy atom. The Kier molecular flexibility index (Phi) is 6.44. The van der Waals surface area contributed by atoms with Gasteiger partial charge in [0.2, 0.25) is 0 Å². The number of nitrogens with zero attached hydrogens (tertiary/aromatic N) is 5. The summed E-state index contributed by atoms with van der Waals surface area (Å²) in [5.74, 6) is 1.77. The van der Waals surface area contributed by atoms with Gasteiger partial charge in [0.25, 0.3) is 5.91 Å². The van der Waals surface area contributed by atoms with Crippen molar-refractivity contribution in [3.8, 4) is 5.75 Å². The van der Waals surface area contributed by atoms with Crippen molar-refractivity contribution in [2.45, 2.75) is 25.3 Å². The van der Waals surface area contributed by atoms with Crippen LogP contribution in [0.3, 0.4) is 0 Å². The number of pyridine rings is 1. The summed E-state index contributed by atoms with van der Waals surface area (Å²) in [5.41, 5.74) is 3.45. The number of amides is 1. The van der Waals surface area contributed by atoms with Gasteiger partial charge in [-0.3, -0.25) is 9.78 Å². The Balaban J connectivity index is 1.39. The molecule has 0 saturated carbocycles. The zero-order valence-electron chi connectivity index (χ0n) is 18.8. The molecule has 9 heteroatoms. The van der Waals surface area contributed by atoms with Crippen molar-refractivity contribution in [2.24, 2.45) is 0 Å². The molecule has 0 aliphatic carbocycles. The molecular formula is C25H25BrN6O2. The lowest BCUT2D eigenvalue weighted by Gasteiger charge is -2.33. The van der Waals surface area contributed by atoms with Gasteiger partial charge in [-0.2, -0.15) is 9.61 Å². The van der Waals surface area contributed by atoms with E-state index in [0.29, 0.717) is 18.7 Å². The molecule has 4 heterocycles. The smallest absolute Gasteiger partial charge is 0.253 e. The lowest BCUT2D eigenvalue weighted by atomic mass is 9.94. The van der Waals surface area contributed by atoms with E-state index >= 15 is 0 Å². The molecule has 1 amide bonds. The highest BCUT2D eigenvalue weighted by Crippen LogP contribution is 2.30. The Bertz CT molecular complexity index is 1290. The van der Waals surface area contributed by atoms with E-state index in [-0.39, 0.29) is 11.8 Å². The van der Waals surface area contributed by atoms with Crippen LogP contribution >= 0.6 is 15.9 Å². The number of likely N-dealkylation sites (tertiary alicyclic amines) is 1. The van der Waals surface area contributed by atoms with E-state index in [0.717, 1.165) is 52.3 Å². The largest absolute Gasteiger partial charge is 0.497 e. The molecule has 1 atom stereocenters. The van der Waals surface area contributed by atoms with Gasteiger partial charge < -0.3 is 15.0 Å². The summed E-state index contributed by atoms with van der Waals surface area (Å²) in [7, 11) is 1.62. The standard InChI is InChI=1S/C25H25BrN6O2/c1-34-20-8-6-18(7-9-20)25(33)31-11-3-5-19(16-31)22-12-23(28-14-17-4-2-10-27-13-17)32-24(30-22)21(26)15-29-32/h2,4,6-10,12-13,15,19,28H,3,5,11,14,16H2,1H3. The number of halogens is 1. The number of benzene rings is 1. The second-order valence-corrected chi connectivity index (χ2v) is 9.18. The Labute approximate surface area is 206 Å². The minimum absolute atomic E-state index is 0.0360. The second-order valence-electron chi connectivity index (χ2n) is 8.33. The van der Waals surface area contributed by atoms with Gasteiger partial charge in [0, 0.05) is 49.6 Å². The minimum Gasteiger partial charge on any atom is -0.497 e. The van der Waals surface area contributed by atoms with Gasteiger partial charge >= 0.3 is 0 Å². The summed E-state index contributed by atoms with van der Waals surface area (Å²) in [6.45, 7) is 1.99. The van der Waals surface area contributed by atoms with E-state index in [1.807, 2.05) is 47.5 Å². The third-order valence-electron chi connectivity index (χ3n) is 6.11. The maximum atomic E-state index is 13.2. The lowest BCUT2D eigenvalue weighted by molar-refractivity contribution is 0.0706. The van der Waals surface area contributed by atoms with Crippen LogP contribution in [-0.4, -0.2) is 50.6 Å². The molecule has 174 valence electrons. The van der Waals surface area contributed by atoms with Gasteiger partial charge in [-0.1, -0.05) is 6.07 Å². The van der Waals surface area contributed by atoms with Crippen LogP contribution in [0.4, 0.5) is 5.82 Å². The fourth-order valence-corrected chi connectivity index (χ4v) is 4.65. The van der Waals surface area contributed by atoms with Crippen molar-refractivity contribution < 1.29 is 9.53 Å². The molecule has 0 radical (unpaired) electrons. The summed E-state index contributed by atoms with van der Waals surface area (Å²) < 4.78 is 7.85. The second kappa shape index (κ2) is 9.80. The Morgan fingerprint density at radius 3 is 2.85 bits per heavy atom. The molecule has 4 aromatic rings. The zero-order valence-corrected chi connectivity index (χ0v) is 20.4. The number of nitrogens with one attached hydrogen (secondary N) is 1. The quantitative estimate of drug-likeness (QED) is 0.402. The number of carbonyl (C=O) groups excluding carboxylic acids is 1. The predicted octanol–water partition coefficient (Wildman–Crippen LogP) is 4.53. The van der Waals surface area contributed by atoms with E-state index in [2.05, 4.69) is 37.4 Å². The highest BCUT2D eigenvalue weighted by atomic mass is 79.9. The first-order chi connectivity index (χ1) is 16.6. The van der Waals surface area contributed by atoms with E-state index in [1.165, 1.54) is 0 Å². The van der Waals surface area contributed by atoms with Gasteiger partial charge in [-0.25, -0.2) is 4.98 Å². The highest BCUT2D eigenvalue weighted by Gasteiger charge is 2.27. The van der Waals surface area contributed by atoms with Gasteiger partial charge in [-0.15, -0.1) is 0 Å². The van der Waals surface area contributed by atoms with Gasteiger partial charge in [0.15, 0.2) is 5.65 Å². The average molecular weight is 521 g/mol. The van der Waals surface area contributed by atoms with Crippen LogP contribution in [0.2, 0.25) is 0 Å². The van der Waals surface area contributed by atoms with Crippen LogP contribution in [-0.2, 0) is 6.54 Å². The highest BCUT2D eigenvalue weighted by molar-refractivity contribution is 9.10. The maximum Gasteiger partial charge on any atom is 0.253 e. The molecule has 1 aliphatic heterocycles. The van der Waals surface area contributed by atoms with Crippen molar-refractivity contribution in [3.05, 3.63) is 82.3 Å². The molecule has 0 bridgehead atoms. The third kappa shape index (κ3) is 4.61. The van der Waals surface area contributed by atoms with Crippen molar-refractivity contribution in [3.63, 3.8) is 0 Å². The molecule has 0 spiro atoms. The summed E-state index contributed by atoms with van der Waals surface area (Å²) in [6, 6.07) is 13.3. The van der Waals surface area contributed by atoms with Crippen LogP contribution < -0.4 is 10.1 Å². The molecule has 34 heavy (non-hydrogen) atoms. The molecule has 1 N–H and O–H groups in total. The molecule has 1 unspecified atom stereocenters. The van der Waals surface area contributed by atoms with Gasteiger partial charge in [-0.05, 0) is 64.7 Å². The topological polar surface area (TPSA) is 84.7 Å².